The van der Waals surface area contributed by atoms with Crippen molar-refractivity contribution in [1.29, 1.82) is 0 Å². The van der Waals surface area contributed by atoms with Crippen LogP contribution in [-0.2, 0) is 6.54 Å². The van der Waals surface area contributed by atoms with Crippen LogP contribution in [0, 0.1) is 6.92 Å². The predicted octanol–water partition coefficient (Wildman–Crippen LogP) is 0.428. The number of aromatic nitrogens is 5. The SMILES string of the molecule is Cc1ccsc1C=NNC(=O)c1nnn(-c2nonc2N)c1CN(C)C. The molecule has 3 rings (SSSR count). The maximum atomic E-state index is 12.5. The van der Waals surface area contributed by atoms with Gasteiger partial charge in [-0.2, -0.15) is 9.78 Å². The van der Waals surface area contributed by atoms with Crippen LogP contribution in [0.2, 0.25) is 0 Å². The number of nitrogens with two attached hydrogens (primary N) is 1. The first-order valence-electron chi connectivity index (χ1n) is 7.52. The Morgan fingerprint density at radius 1 is 1.50 bits per heavy atom. The number of hydrogen-bond acceptors (Lipinski definition) is 10. The molecule has 0 bridgehead atoms. The van der Waals surface area contributed by atoms with Gasteiger partial charge >= 0.3 is 0 Å². The highest BCUT2D eigenvalue weighted by atomic mass is 32.1. The summed E-state index contributed by atoms with van der Waals surface area (Å²) in [6, 6.07) is 1.98. The van der Waals surface area contributed by atoms with Gasteiger partial charge in [0.25, 0.3) is 5.91 Å². The van der Waals surface area contributed by atoms with E-state index in [4.69, 9.17) is 5.73 Å². The third kappa shape index (κ3) is 3.60. The monoisotopic (exact) mass is 375 g/mol. The van der Waals surface area contributed by atoms with E-state index in [0.29, 0.717) is 12.2 Å². The average Bonchev–Trinajstić information content (AvgIpc) is 3.28. The summed E-state index contributed by atoms with van der Waals surface area (Å²) in [6.45, 7) is 2.34. The Kier molecular flexibility index (Phi) is 5.04. The van der Waals surface area contributed by atoms with Crippen molar-refractivity contribution >= 4 is 29.3 Å². The Labute approximate surface area is 152 Å². The Morgan fingerprint density at radius 3 is 2.92 bits per heavy atom. The molecule has 3 N–H and O–H groups in total. The van der Waals surface area contributed by atoms with E-state index in [0.717, 1.165) is 10.4 Å². The molecule has 26 heavy (non-hydrogen) atoms. The molecule has 12 heteroatoms. The fraction of sp³-hybridized carbons (Fsp3) is 0.286. The Morgan fingerprint density at radius 2 is 2.31 bits per heavy atom. The van der Waals surface area contributed by atoms with Gasteiger partial charge in [0.2, 0.25) is 11.6 Å². The van der Waals surface area contributed by atoms with E-state index in [1.807, 2.05) is 37.4 Å². The van der Waals surface area contributed by atoms with Crippen molar-refractivity contribution in [2.75, 3.05) is 19.8 Å². The van der Waals surface area contributed by atoms with Crippen LogP contribution < -0.4 is 11.2 Å². The molecule has 0 spiro atoms. The van der Waals surface area contributed by atoms with E-state index in [1.54, 1.807) is 6.21 Å². The maximum absolute atomic E-state index is 12.5. The minimum absolute atomic E-state index is 0.0491. The number of carbonyl (C=O) groups excluding carboxylic acids is 1. The van der Waals surface area contributed by atoms with Gasteiger partial charge < -0.3 is 10.6 Å². The van der Waals surface area contributed by atoms with E-state index in [9.17, 15) is 4.79 Å². The summed E-state index contributed by atoms with van der Waals surface area (Å²) in [5.74, 6) is -0.271. The number of anilines is 1. The summed E-state index contributed by atoms with van der Waals surface area (Å²) in [5.41, 5.74) is 9.86. The second-order valence-corrected chi connectivity index (χ2v) is 6.62. The molecule has 136 valence electrons. The van der Waals surface area contributed by atoms with Crippen LogP contribution in [0.3, 0.4) is 0 Å². The maximum Gasteiger partial charge on any atom is 0.293 e. The molecule has 0 aliphatic rings. The third-order valence-corrected chi connectivity index (χ3v) is 4.34. The number of amides is 1. The number of aryl methyl sites for hydroxylation is 1. The lowest BCUT2D eigenvalue weighted by Crippen LogP contribution is -2.23. The van der Waals surface area contributed by atoms with Crippen molar-refractivity contribution < 1.29 is 9.42 Å². The number of hydrogen-bond donors (Lipinski definition) is 2. The highest BCUT2D eigenvalue weighted by molar-refractivity contribution is 7.11. The van der Waals surface area contributed by atoms with Crippen molar-refractivity contribution in [2.24, 2.45) is 5.10 Å². The van der Waals surface area contributed by atoms with Gasteiger partial charge in [-0.05, 0) is 48.3 Å². The van der Waals surface area contributed by atoms with Crippen LogP contribution in [-0.4, -0.2) is 56.4 Å². The fourth-order valence-electron chi connectivity index (χ4n) is 2.15. The first-order valence-corrected chi connectivity index (χ1v) is 8.40. The third-order valence-electron chi connectivity index (χ3n) is 3.39. The zero-order chi connectivity index (χ0) is 18.7. The molecule has 0 saturated carbocycles. The molecule has 0 saturated heterocycles. The summed E-state index contributed by atoms with van der Waals surface area (Å²) in [4.78, 5) is 15.3. The molecule has 1 amide bonds. The molecular formula is C14H17N9O2S. The van der Waals surface area contributed by atoms with Crippen molar-refractivity contribution in [3.05, 3.63) is 33.3 Å². The van der Waals surface area contributed by atoms with Gasteiger partial charge in [0.1, 0.15) is 0 Å². The van der Waals surface area contributed by atoms with Gasteiger partial charge in [0.05, 0.1) is 11.9 Å². The van der Waals surface area contributed by atoms with E-state index >= 15 is 0 Å². The second kappa shape index (κ2) is 7.41. The van der Waals surface area contributed by atoms with Crippen molar-refractivity contribution in [1.82, 2.24) is 35.6 Å². The molecule has 0 fully saturated rings. The fourth-order valence-corrected chi connectivity index (χ4v) is 2.93. The zero-order valence-electron chi connectivity index (χ0n) is 14.4. The van der Waals surface area contributed by atoms with E-state index in [2.05, 4.69) is 35.8 Å². The van der Waals surface area contributed by atoms with Crippen molar-refractivity contribution in [3.8, 4) is 5.82 Å². The summed E-state index contributed by atoms with van der Waals surface area (Å²) in [6.07, 6.45) is 1.59. The van der Waals surface area contributed by atoms with Crippen molar-refractivity contribution in [2.45, 2.75) is 13.5 Å². The standard InChI is InChI=1S/C14H17N9O2S/c1-8-4-5-26-10(8)6-16-18-14(24)11-9(7-22(2)3)23(21-17-11)13-12(15)19-25-20-13/h4-6H,7H2,1-3H3,(H2,15,19)(H,18,24). The molecule has 0 unspecified atom stereocenters. The van der Waals surface area contributed by atoms with Gasteiger partial charge in [0, 0.05) is 11.4 Å². The van der Waals surface area contributed by atoms with Crippen LogP contribution in [0.5, 0.6) is 0 Å². The quantitative estimate of drug-likeness (QED) is 0.467. The largest absolute Gasteiger partial charge is 0.378 e. The zero-order valence-corrected chi connectivity index (χ0v) is 15.2. The molecule has 3 aromatic heterocycles. The summed E-state index contributed by atoms with van der Waals surface area (Å²) < 4.78 is 5.92. The lowest BCUT2D eigenvalue weighted by molar-refractivity contribution is 0.0948. The topological polar surface area (TPSA) is 140 Å². The first-order chi connectivity index (χ1) is 12.5. The van der Waals surface area contributed by atoms with Crippen LogP contribution in [0.4, 0.5) is 5.82 Å². The van der Waals surface area contributed by atoms with Gasteiger partial charge in [0.15, 0.2) is 5.69 Å². The highest BCUT2D eigenvalue weighted by Gasteiger charge is 2.24. The smallest absolute Gasteiger partial charge is 0.293 e. The summed E-state index contributed by atoms with van der Waals surface area (Å²) in [7, 11) is 3.70. The molecule has 0 aliphatic carbocycles. The normalized spacial score (nSPS) is 11.5. The highest BCUT2D eigenvalue weighted by Crippen LogP contribution is 2.17. The van der Waals surface area contributed by atoms with E-state index in [-0.39, 0.29) is 17.3 Å². The number of carbonyl (C=O) groups is 1. The number of rotatable bonds is 6. The second-order valence-electron chi connectivity index (χ2n) is 5.67. The molecule has 0 aromatic carbocycles. The Bertz CT molecular complexity index is 940. The number of nitrogens with zero attached hydrogens (tertiary/aromatic N) is 7. The number of hydrazone groups is 1. The lowest BCUT2D eigenvalue weighted by Gasteiger charge is -2.11. The molecule has 0 radical (unpaired) electrons. The molecule has 0 aliphatic heterocycles. The van der Waals surface area contributed by atoms with E-state index in [1.165, 1.54) is 16.0 Å². The number of nitrogens with one attached hydrogen (secondary N) is 1. The summed E-state index contributed by atoms with van der Waals surface area (Å²) in [5, 5.41) is 21.1. The number of nitrogen functional groups attached to an aromatic ring is 1. The minimum Gasteiger partial charge on any atom is -0.378 e. The van der Waals surface area contributed by atoms with Gasteiger partial charge in [-0.25, -0.2) is 10.1 Å². The molecule has 3 heterocycles. The van der Waals surface area contributed by atoms with Crippen LogP contribution in [0.25, 0.3) is 5.82 Å². The average molecular weight is 375 g/mol. The van der Waals surface area contributed by atoms with Crippen LogP contribution >= 0.6 is 11.3 Å². The van der Waals surface area contributed by atoms with Crippen molar-refractivity contribution in [3.63, 3.8) is 0 Å². The number of thiophene rings is 1. The Balaban J connectivity index is 1.85. The van der Waals surface area contributed by atoms with Gasteiger partial charge in [-0.3, -0.25) is 4.79 Å². The molecule has 0 atom stereocenters. The van der Waals surface area contributed by atoms with Gasteiger partial charge in [-0.1, -0.05) is 5.21 Å². The van der Waals surface area contributed by atoms with Gasteiger partial charge in [-0.15, -0.1) is 16.4 Å². The van der Waals surface area contributed by atoms with Crippen LogP contribution in [0.15, 0.2) is 21.2 Å². The lowest BCUT2D eigenvalue weighted by atomic mass is 10.3. The van der Waals surface area contributed by atoms with Crippen LogP contribution in [0.1, 0.15) is 26.6 Å². The minimum atomic E-state index is -0.492. The molecule has 3 aromatic rings. The Hall–Kier alpha value is -3.12. The van der Waals surface area contributed by atoms with E-state index < -0.39 is 5.91 Å². The molecule has 11 nitrogen and oxygen atoms in total. The summed E-state index contributed by atoms with van der Waals surface area (Å²) >= 11 is 1.53. The predicted molar refractivity (Wildman–Crippen MR) is 95.1 cm³/mol. The molecular weight excluding hydrogens is 358 g/mol. The first kappa shape index (κ1) is 17.7.